The van der Waals surface area contributed by atoms with E-state index in [1.54, 1.807) is 13.2 Å². The van der Waals surface area contributed by atoms with Gasteiger partial charge in [0.25, 0.3) is 0 Å². The molecule has 0 atom stereocenters. The molecule has 0 aliphatic heterocycles. The zero-order chi connectivity index (χ0) is 14.7. The Hall–Kier alpha value is -2.99. The van der Waals surface area contributed by atoms with E-state index in [-0.39, 0.29) is 0 Å². The Kier molecular flexibility index (Phi) is 3.44. The molecule has 3 heteroatoms. The van der Waals surface area contributed by atoms with Gasteiger partial charge in [0.2, 0.25) is 0 Å². The molecule has 0 N–H and O–H groups in total. The SMILES string of the molecule is COc1ccccc1Oc1cccc2cc(C#N)ccc12. The highest BCUT2D eigenvalue weighted by molar-refractivity contribution is 5.89. The van der Waals surface area contributed by atoms with Crippen molar-refractivity contribution in [2.45, 2.75) is 0 Å². The molecule has 3 aromatic carbocycles. The van der Waals surface area contributed by atoms with Gasteiger partial charge in [0.05, 0.1) is 18.7 Å². The van der Waals surface area contributed by atoms with Crippen LogP contribution in [0.5, 0.6) is 17.2 Å². The minimum Gasteiger partial charge on any atom is -0.493 e. The van der Waals surface area contributed by atoms with Crippen LogP contribution in [-0.2, 0) is 0 Å². The highest BCUT2D eigenvalue weighted by Gasteiger charge is 2.07. The molecule has 102 valence electrons. The second kappa shape index (κ2) is 5.56. The van der Waals surface area contributed by atoms with Crippen molar-refractivity contribution in [3.05, 3.63) is 66.2 Å². The first kappa shape index (κ1) is 13.0. The van der Waals surface area contributed by atoms with Crippen molar-refractivity contribution in [1.82, 2.24) is 0 Å². The molecule has 0 saturated carbocycles. The molecular formula is C18H13NO2. The van der Waals surface area contributed by atoms with Gasteiger partial charge in [-0.25, -0.2) is 0 Å². The molecule has 21 heavy (non-hydrogen) atoms. The predicted octanol–water partition coefficient (Wildman–Crippen LogP) is 4.51. The maximum absolute atomic E-state index is 8.97. The van der Waals surface area contributed by atoms with Gasteiger partial charge in [-0.15, -0.1) is 0 Å². The van der Waals surface area contributed by atoms with Gasteiger partial charge in [-0.05, 0) is 41.8 Å². The van der Waals surface area contributed by atoms with Gasteiger partial charge in [0.15, 0.2) is 11.5 Å². The molecule has 3 aromatic rings. The van der Waals surface area contributed by atoms with Crippen molar-refractivity contribution in [2.24, 2.45) is 0 Å². The monoisotopic (exact) mass is 275 g/mol. The van der Waals surface area contributed by atoms with Crippen LogP contribution in [0.1, 0.15) is 5.56 Å². The topological polar surface area (TPSA) is 42.2 Å². The summed E-state index contributed by atoms with van der Waals surface area (Å²) in [4.78, 5) is 0. The first-order chi connectivity index (χ1) is 10.3. The standard InChI is InChI=1S/C18H13NO2/c1-20-17-6-2-3-7-18(17)21-16-8-4-5-14-11-13(12-19)9-10-15(14)16/h2-11H,1H3. The molecule has 0 bridgehead atoms. The Morgan fingerprint density at radius 2 is 1.62 bits per heavy atom. The molecule has 0 fully saturated rings. The molecule has 0 saturated heterocycles. The van der Waals surface area contributed by atoms with Crippen LogP contribution >= 0.6 is 0 Å². The molecule has 0 aliphatic rings. The molecule has 0 spiro atoms. The average Bonchev–Trinajstić information content (AvgIpc) is 2.55. The van der Waals surface area contributed by atoms with Crippen LogP contribution in [0.25, 0.3) is 10.8 Å². The number of benzene rings is 3. The Morgan fingerprint density at radius 3 is 2.38 bits per heavy atom. The normalized spacial score (nSPS) is 10.1. The third-order valence-corrected chi connectivity index (χ3v) is 3.26. The fourth-order valence-electron chi connectivity index (χ4n) is 2.23. The number of methoxy groups -OCH3 is 1. The number of fused-ring (bicyclic) bond motifs is 1. The summed E-state index contributed by atoms with van der Waals surface area (Å²) in [5, 5.41) is 10.9. The second-order valence-electron chi connectivity index (χ2n) is 4.56. The van der Waals surface area contributed by atoms with E-state index in [2.05, 4.69) is 6.07 Å². The summed E-state index contributed by atoms with van der Waals surface area (Å²) in [7, 11) is 1.62. The number of rotatable bonds is 3. The van der Waals surface area contributed by atoms with Crippen LogP contribution in [0.3, 0.4) is 0 Å². The number of nitriles is 1. The Balaban J connectivity index is 2.07. The summed E-state index contributed by atoms with van der Waals surface area (Å²) >= 11 is 0. The molecule has 0 amide bonds. The number of para-hydroxylation sites is 2. The van der Waals surface area contributed by atoms with Crippen LogP contribution in [-0.4, -0.2) is 7.11 Å². The first-order valence-corrected chi connectivity index (χ1v) is 6.55. The van der Waals surface area contributed by atoms with Gasteiger partial charge < -0.3 is 9.47 Å². The van der Waals surface area contributed by atoms with E-state index in [9.17, 15) is 0 Å². The molecule has 0 radical (unpaired) electrons. The van der Waals surface area contributed by atoms with E-state index < -0.39 is 0 Å². The lowest BCUT2D eigenvalue weighted by molar-refractivity contribution is 0.380. The lowest BCUT2D eigenvalue weighted by Gasteiger charge is -2.12. The van der Waals surface area contributed by atoms with E-state index in [1.807, 2.05) is 54.6 Å². The molecular weight excluding hydrogens is 262 g/mol. The molecule has 3 rings (SSSR count). The van der Waals surface area contributed by atoms with Crippen LogP contribution < -0.4 is 9.47 Å². The van der Waals surface area contributed by atoms with Crippen molar-refractivity contribution < 1.29 is 9.47 Å². The van der Waals surface area contributed by atoms with Gasteiger partial charge >= 0.3 is 0 Å². The van der Waals surface area contributed by atoms with Gasteiger partial charge in [-0.2, -0.15) is 5.26 Å². The van der Waals surface area contributed by atoms with Crippen molar-refractivity contribution in [1.29, 1.82) is 5.26 Å². The van der Waals surface area contributed by atoms with E-state index in [0.29, 0.717) is 17.1 Å². The van der Waals surface area contributed by atoms with Gasteiger partial charge in [-0.3, -0.25) is 0 Å². The van der Waals surface area contributed by atoms with E-state index in [0.717, 1.165) is 16.5 Å². The highest BCUT2D eigenvalue weighted by atomic mass is 16.5. The third-order valence-electron chi connectivity index (χ3n) is 3.26. The Morgan fingerprint density at radius 1 is 0.857 bits per heavy atom. The van der Waals surface area contributed by atoms with Gasteiger partial charge in [-0.1, -0.05) is 24.3 Å². The molecule has 0 heterocycles. The number of hydrogen-bond acceptors (Lipinski definition) is 3. The zero-order valence-electron chi connectivity index (χ0n) is 11.5. The maximum atomic E-state index is 8.97. The van der Waals surface area contributed by atoms with E-state index in [1.165, 1.54) is 0 Å². The van der Waals surface area contributed by atoms with Crippen molar-refractivity contribution in [3.8, 4) is 23.3 Å². The summed E-state index contributed by atoms with van der Waals surface area (Å²) in [5.41, 5.74) is 0.636. The van der Waals surface area contributed by atoms with Crippen molar-refractivity contribution in [2.75, 3.05) is 7.11 Å². The third kappa shape index (κ3) is 2.52. The highest BCUT2D eigenvalue weighted by Crippen LogP contribution is 2.35. The van der Waals surface area contributed by atoms with Gasteiger partial charge in [0, 0.05) is 5.39 Å². The fraction of sp³-hybridized carbons (Fsp3) is 0.0556. The number of hydrogen-bond donors (Lipinski definition) is 0. The summed E-state index contributed by atoms with van der Waals surface area (Å²) < 4.78 is 11.3. The van der Waals surface area contributed by atoms with Gasteiger partial charge in [0.1, 0.15) is 5.75 Å². The number of nitrogens with zero attached hydrogens (tertiary/aromatic N) is 1. The average molecular weight is 275 g/mol. The maximum Gasteiger partial charge on any atom is 0.169 e. The second-order valence-corrected chi connectivity index (χ2v) is 4.56. The van der Waals surface area contributed by atoms with Crippen LogP contribution in [0, 0.1) is 11.3 Å². The number of ether oxygens (including phenoxy) is 2. The fourth-order valence-corrected chi connectivity index (χ4v) is 2.23. The minimum atomic E-state index is 0.636. The van der Waals surface area contributed by atoms with Crippen molar-refractivity contribution >= 4 is 10.8 Å². The Bertz CT molecular complexity index is 834. The Labute approximate surface area is 123 Å². The summed E-state index contributed by atoms with van der Waals surface area (Å²) in [5.74, 6) is 2.08. The summed E-state index contributed by atoms with van der Waals surface area (Å²) in [6, 6.07) is 21.0. The molecule has 0 aliphatic carbocycles. The smallest absolute Gasteiger partial charge is 0.169 e. The lowest BCUT2D eigenvalue weighted by atomic mass is 10.1. The molecule has 3 nitrogen and oxygen atoms in total. The lowest BCUT2D eigenvalue weighted by Crippen LogP contribution is -1.90. The van der Waals surface area contributed by atoms with Crippen LogP contribution in [0.2, 0.25) is 0 Å². The zero-order valence-corrected chi connectivity index (χ0v) is 11.5. The predicted molar refractivity (Wildman–Crippen MR) is 81.7 cm³/mol. The summed E-state index contributed by atoms with van der Waals surface area (Å²) in [6.45, 7) is 0. The van der Waals surface area contributed by atoms with E-state index in [4.69, 9.17) is 14.7 Å². The molecule has 0 aromatic heterocycles. The molecule has 0 unspecified atom stereocenters. The van der Waals surface area contributed by atoms with E-state index >= 15 is 0 Å². The first-order valence-electron chi connectivity index (χ1n) is 6.55. The minimum absolute atomic E-state index is 0.636. The largest absolute Gasteiger partial charge is 0.493 e. The van der Waals surface area contributed by atoms with Crippen LogP contribution in [0.4, 0.5) is 0 Å². The quantitative estimate of drug-likeness (QED) is 0.706. The van der Waals surface area contributed by atoms with Crippen LogP contribution in [0.15, 0.2) is 60.7 Å². The summed E-state index contributed by atoms with van der Waals surface area (Å²) in [6.07, 6.45) is 0. The van der Waals surface area contributed by atoms with Crippen molar-refractivity contribution in [3.63, 3.8) is 0 Å².